The van der Waals surface area contributed by atoms with Crippen molar-refractivity contribution in [1.29, 1.82) is 0 Å². The molecule has 0 unspecified atom stereocenters. The van der Waals surface area contributed by atoms with Gasteiger partial charge in [0.15, 0.2) is 6.10 Å². The van der Waals surface area contributed by atoms with Gasteiger partial charge in [0.05, 0.1) is 12.8 Å². The minimum atomic E-state index is -0.945. The summed E-state index contributed by atoms with van der Waals surface area (Å²) in [5.41, 5.74) is 2.88. The van der Waals surface area contributed by atoms with Crippen molar-refractivity contribution in [2.75, 3.05) is 12.4 Å². The van der Waals surface area contributed by atoms with Crippen LogP contribution in [0.5, 0.6) is 5.75 Å². The molecule has 0 aliphatic carbocycles. The first-order valence-corrected chi connectivity index (χ1v) is 10.1. The summed E-state index contributed by atoms with van der Waals surface area (Å²) in [6.07, 6.45) is -0.181. The number of carbonyl (C=O) groups excluding carboxylic acids is 2. The van der Waals surface area contributed by atoms with Crippen molar-refractivity contribution in [3.8, 4) is 5.75 Å². The number of furan rings is 1. The average molecular weight is 417 g/mol. The molecule has 6 heteroatoms. The largest absolute Gasteiger partial charge is 0.495 e. The zero-order valence-electron chi connectivity index (χ0n) is 17.4. The molecule has 31 heavy (non-hydrogen) atoms. The third-order valence-electron chi connectivity index (χ3n) is 5.09. The molecular formula is C25H23NO5. The number of para-hydroxylation sites is 1. The van der Waals surface area contributed by atoms with Gasteiger partial charge in [0.25, 0.3) is 5.91 Å². The SMILES string of the molecule is COc1cc2c(cc1NC(=O)[C@H](C)OC(=O)CCc1ccccc1)oc1ccccc12. The Kier molecular flexibility index (Phi) is 5.89. The number of anilines is 1. The van der Waals surface area contributed by atoms with Crippen LogP contribution in [0.1, 0.15) is 18.9 Å². The topological polar surface area (TPSA) is 77.8 Å². The summed E-state index contributed by atoms with van der Waals surface area (Å²) in [6, 6.07) is 20.9. The van der Waals surface area contributed by atoms with Gasteiger partial charge in [-0.05, 0) is 31.0 Å². The number of ether oxygens (including phenoxy) is 2. The quantitative estimate of drug-likeness (QED) is 0.424. The van der Waals surface area contributed by atoms with Gasteiger partial charge in [-0.2, -0.15) is 0 Å². The van der Waals surface area contributed by atoms with E-state index in [1.165, 1.54) is 7.11 Å². The van der Waals surface area contributed by atoms with Gasteiger partial charge in [0, 0.05) is 23.3 Å². The lowest BCUT2D eigenvalue weighted by molar-refractivity contribution is -0.153. The molecule has 0 aliphatic heterocycles. The van der Waals surface area contributed by atoms with E-state index in [1.54, 1.807) is 13.0 Å². The summed E-state index contributed by atoms with van der Waals surface area (Å²) < 4.78 is 16.6. The van der Waals surface area contributed by atoms with Gasteiger partial charge >= 0.3 is 5.97 Å². The molecule has 0 radical (unpaired) electrons. The summed E-state index contributed by atoms with van der Waals surface area (Å²) in [7, 11) is 1.53. The Morgan fingerprint density at radius 1 is 0.968 bits per heavy atom. The van der Waals surface area contributed by atoms with E-state index in [-0.39, 0.29) is 6.42 Å². The van der Waals surface area contributed by atoms with Gasteiger partial charge in [-0.15, -0.1) is 0 Å². The Bertz CT molecular complexity index is 1230. The number of carbonyl (C=O) groups is 2. The van der Waals surface area contributed by atoms with Gasteiger partial charge in [-0.25, -0.2) is 0 Å². The number of rotatable bonds is 7. The van der Waals surface area contributed by atoms with E-state index in [4.69, 9.17) is 13.9 Å². The highest BCUT2D eigenvalue weighted by atomic mass is 16.5. The van der Waals surface area contributed by atoms with Crippen LogP contribution in [0.25, 0.3) is 21.9 Å². The molecule has 0 aliphatic rings. The first kappa shape index (κ1) is 20.5. The van der Waals surface area contributed by atoms with Crippen molar-refractivity contribution in [3.63, 3.8) is 0 Å². The molecule has 158 valence electrons. The predicted molar refractivity (Wildman–Crippen MR) is 119 cm³/mol. The maximum Gasteiger partial charge on any atom is 0.306 e. The lowest BCUT2D eigenvalue weighted by Crippen LogP contribution is -2.30. The Labute approximate surface area is 179 Å². The fraction of sp³-hybridized carbons (Fsp3) is 0.200. The molecule has 3 aromatic carbocycles. The number of nitrogens with one attached hydrogen (secondary N) is 1. The molecular weight excluding hydrogens is 394 g/mol. The van der Waals surface area contributed by atoms with Crippen LogP contribution >= 0.6 is 0 Å². The minimum Gasteiger partial charge on any atom is -0.495 e. The zero-order valence-corrected chi connectivity index (χ0v) is 17.4. The van der Waals surface area contributed by atoms with E-state index in [1.807, 2.05) is 60.7 Å². The van der Waals surface area contributed by atoms with Gasteiger partial charge in [-0.3, -0.25) is 9.59 Å². The maximum atomic E-state index is 12.6. The fourth-order valence-corrected chi connectivity index (χ4v) is 3.45. The van der Waals surface area contributed by atoms with Gasteiger partial charge in [0.2, 0.25) is 0 Å². The van der Waals surface area contributed by atoms with Crippen LogP contribution < -0.4 is 10.1 Å². The molecule has 0 saturated carbocycles. The summed E-state index contributed by atoms with van der Waals surface area (Å²) in [5, 5.41) is 4.64. The van der Waals surface area contributed by atoms with Crippen molar-refractivity contribution in [2.24, 2.45) is 0 Å². The maximum absolute atomic E-state index is 12.6. The van der Waals surface area contributed by atoms with Gasteiger partial charge < -0.3 is 19.2 Å². The summed E-state index contributed by atoms with van der Waals surface area (Å²) in [5.74, 6) is -0.372. The number of fused-ring (bicyclic) bond motifs is 3. The Morgan fingerprint density at radius 2 is 1.71 bits per heavy atom. The number of benzene rings is 3. The number of amides is 1. The number of hydrogen-bond donors (Lipinski definition) is 1. The average Bonchev–Trinajstić information content (AvgIpc) is 3.15. The molecule has 0 saturated heterocycles. The molecule has 1 N–H and O–H groups in total. The summed E-state index contributed by atoms with van der Waals surface area (Å²) >= 11 is 0. The van der Waals surface area contributed by atoms with Crippen molar-refractivity contribution in [1.82, 2.24) is 0 Å². The third-order valence-corrected chi connectivity index (χ3v) is 5.09. The Balaban J connectivity index is 1.44. The van der Waals surface area contributed by atoms with E-state index in [9.17, 15) is 9.59 Å². The van der Waals surface area contributed by atoms with Crippen LogP contribution in [0.2, 0.25) is 0 Å². The van der Waals surface area contributed by atoms with Gasteiger partial charge in [0.1, 0.15) is 16.9 Å². The second-order valence-electron chi connectivity index (χ2n) is 7.25. The van der Waals surface area contributed by atoms with Crippen LogP contribution in [0, 0.1) is 0 Å². The highest BCUT2D eigenvalue weighted by Crippen LogP contribution is 2.36. The smallest absolute Gasteiger partial charge is 0.306 e. The van der Waals surface area contributed by atoms with Crippen molar-refractivity contribution >= 4 is 39.5 Å². The van der Waals surface area contributed by atoms with Crippen LogP contribution in [0.15, 0.2) is 71.1 Å². The fourth-order valence-electron chi connectivity index (χ4n) is 3.45. The minimum absolute atomic E-state index is 0.204. The molecule has 6 nitrogen and oxygen atoms in total. The van der Waals surface area contributed by atoms with E-state index < -0.39 is 18.0 Å². The molecule has 0 spiro atoms. The van der Waals surface area contributed by atoms with E-state index >= 15 is 0 Å². The molecule has 0 bridgehead atoms. The highest BCUT2D eigenvalue weighted by Gasteiger charge is 2.20. The first-order chi connectivity index (χ1) is 15.0. The van der Waals surface area contributed by atoms with Gasteiger partial charge in [-0.1, -0.05) is 48.5 Å². The zero-order chi connectivity index (χ0) is 21.8. The van der Waals surface area contributed by atoms with E-state index in [0.29, 0.717) is 23.4 Å². The van der Waals surface area contributed by atoms with Crippen molar-refractivity contribution < 1.29 is 23.5 Å². The van der Waals surface area contributed by atoms with Crippen LogP contribution in [0.3, 0.4) is 0 Å². The Hall–Kier alpha value is -3.80. The number of methoxy groups -OCH3 is 1. The van der Waals surface area contributed by atoms with Crippen molar-refractivity contribution in [3.05, 3.63) is 72.3 Å². The summed E-state index contributed by atoms with van der Waals surface area (Å²) in [4.78, 5) is 24.8. The predicted octanol–water partition coefficient (Wildman–Crippen LogP) is 5.10. The van der Waals surface area contributed by atoms with Crippen LogP contribution in [-0.4, -0.2) is 25.1 Å². The van der Waals surface area contributed by atoms with E-state index in [2.05, 4.69) is 5.32 Å². The lowest BCUT2D eigenvalue weighted by atomic mass is 10.1. The third kappa shape index (κ3) is 4.53. The first-order valence-electron chi connectivity index (χ1n) is 10.1. The van der Waals surface area contributed by atoms with E-state index in [0.717, 1.165) is 21.9 Å². The molecule has 1 aromatic heterocycles. The highest BCUT2D eigenvalue weighted by molar-refractivity contribution is 6.08. The standard InChI is InChI=1S/C25H23NO5/c1-16(30-24(27)13-12-17-8-4-3-5-9-17)25(28)26-20-15-22-19(14-23(20)29-2)18-10-6-7-11-21(18)31-22/h3-11,14-16H,12-13H2,1-2H3,(H,26,28)/t16-/m0/s1. The second-order valence-corrected chi connectivity index (χ2v) is 7.25. The number of aryl methyl sites for hydroxylation is 1. The molecule has 1 amide bonds. The van der Waals surface area contributed by atoms with Crippen LogP contribution in [-0.2, 0) is 20.7 Å². The number of hydrogen-bond acceptors (Lipinski definition) is 5. The molecule has 0 fully saturated rings. The molecule has 1 heterocycles. The molecule has 4 rings (SSSR count). The number of esters is 1. The summed E-state index contributed by atoms with van der Waals surface area (Å²) in [6.45, 7) is 1.54. The Morgan fingerprint density at radius 3 is 2.48 bits per heavy atom. The van der Waals surface area contributed by atoms with Crippen molar-refractivity contribution in [2.45, 2.75) is 25.9 Å². The normalized spacial score (nSPS) is 11.9. The molecule has 4 aromatic rings. The van der Waals surface area contributed by atoms with Crippen LogP contribution in [0.4, 0.5) is 5.69 Å². The molecule has 1 atom stereocenters. The lowest BCUT2D eigenvalue weighted by Gasteiger charge is -2.15. The monoisotopic (exact) mass is 417 g/mol. The second kappa shape index (κ2) is 8.92.